The maximum atomic E-state index is 12.4. The number of carbonyl (C=O) groups excluding carboxylic acids is 1. The molecular formula is C15H31NO. The Kier molecular flexibility index (Phi) is 10.3. The summed E-state index contributed by atoms with van der Waals surface area (Å²) in [5, 5.41) is 0. The lowest BCUT2D eigenvalue weighted by molar-refractivity contribution is -0.136. The van der Waals surface area contributed by atoms with E-state index in [1.165, 1.54) is 19.3 Å². The molecule has 0 aliphatic carbocycles. The van der Waals surface area contributed by atoms with Crippen LogP contribution < -0.4 is 0 Å². The largest absolute Gasteiger partial charge is 0.342 e. The molecule has 0 aromatic rings. The van der Waals surface area contributed by atoms with Crippen molar-refractivity contribution in [3.63, 3.8) is 0 Å². The van der Waals surface area contributed by atoms with Gasteiger partial charge in [0.15, 0.2) is 0 Å². The highest BCUT2D eigenvalue weighted by Gasteiger charge is 2.21. The van der Waals surface area contributed by atoms with Crippen LogP contribution in [0, 0.1) is 5.92 Å². The lowest BCUT2D eigenvalue weighted by Gasteiger charge is -2.26. The Hall–Kier alpha value is -0.530. The molecule has 2 nitrogen and oxygen atoms in total. The van der Waals surface area contributed by atoms with Crippen LogP contribution in [0.1, 0.15) is 72.6 Å². The molecular weight excluding hydrogens is 210 g/mol. The first-order valence-corrected chi connectivity index (χ1v) is 7.49. The third kappa shape index (κ3) is 6.70. The number of hydrogen-bond acceptors (Lipinski definition) is 1. The molecule has 0 aliphatic rings. The van der Waals surface area contributed by atoms with Crippen molar-refractivity contribution in [2.75, 3.05) is 13.1 Å². The van der Waals surface area contributed by atoms with E-state index in [0.717, 1.165) is 38.8 Å². The second kappa shape index (κ2) is 10.6. The fraction of sp³-hybridized carbons (Fsp3) is 0.933. The van der Waals surface area contributed by atoms with Crippen LogP contribution in [0.3, 0.4) is 0 Å². The molecule has 17 heavy (non-hydrogen) atoms. The van der Waals surface area contributed by atoms with Gasteiger partial charge in [0, 0.05) is 19.0 Å². The zero-order chi connectivity index (χ0) is 13.1. The number of nitrogens with zero attached hydrogens (tertiary/aromatic N) is 1. The van der Waals surface area contributed by atoms with Crippen LogP contribution in [0.4, 0.5) is 0 Å². The van der Waals surface area contributed by atoms with Crippen LogP contribution in [0.5, 0.6) is 0 Å². The molecule has 0 fully saturated rings. The van der Waals surface area contributed by atoms with Gasteiger partial charge in [-0.3, -0.25) is 4.79 Å². The van der Waals surface area contributed by atoms with Crippen molar-refractivity contribution >= 4 is 5.91 Å². The molecule has 0 saturated carbocycles. The number of hydrogen-bond donors (Lipinski definition) is 0. The summed E-state index contributed by atoms with van der Waals surface area (Å²) in [5.74, 6) is 0.662. The predicted octanol–water partition coefficient (Wildman–Crippen LogP) is 4.24. The summed E-state index contributed by atoms with van der Waals surface area (Å²) in [6.45, 7) is 10.6. The molecule has 0 aromatic heterocycles. The van der Waals surface area contributed by atoms with E-state index in [4.69, 9.17) is 0 Å². The van der Waals surface area contributed by atoms with Gasteiger partial charge in [0.1, 0.15) is 0 Å². The standard InChI is InChI=1S/C15H31NO/c1-5-9-11-14(8-4)15(17)16(12-7-3)13-10-6-2/h14H,5-13H2,1-4H3. The van der Waals surface area contributed by atoms with E-state index in [-0.39, 0.29) is 5.92 Å². The predicted molar refractivity (Wildman–Crippen MR) is 75.1 cm³/mol. The van der Waals surface area contributed by atoms with E-state index in [1.807, 2.05) is 0 Å². The average Bonchev–Trinajstić information content (AvgIpc) is 2.35. The molecule has 0 saturated heterocycles. The highest BCUT2D eigenvalue weighted by molar-refractivity contribution is 5.78. The van der Waals surface area contributed by atoms with E-state index in [9.17, 15) is 4.79 Å². The van der Waals surface area contributed by atoms with E-state index in [0.29, 0.717) is 5.91 Å². The van der Waals surface area contributed by atoms with E-state index < -0.39 is 0 Å². The van der Waals surface area contributed by atoms with Crippen molar-refractivity contribution in [1.82, 2.24) is 4.90 Å². The summed E-state index contributed by atoms with van der Waals surface area (Å²) < 4.78 is 0. The Labute approximate surface area is 108 Å². The lowest BCUT2D eigenvalue weighted by Crippen LogP contribution is -2.37. The van der Waals surface area contributed by atoms with Crippen LogP contribution in [0.2, 0.25) is 0 Å². The minimum Gasteiger partial charge on any atom is -0.342 e. The molecule has 0 radical (unpaired) electrons. The van der Waals surface area contributed by atoms with Crippen LogP contribution >= 0.6 is 0 Å². The highest BCUT2D eigenvalue weighted by atomic mass is 16.2. The summed E-state index contributed by atoms with van der Waals surface area (Å²) in [7, 11) is 0. The Bertz CT molecular complexity index is 191. The van der Waals surface area contributed by atoms with Crippen molar-refractivity contribution in [2.24, 2.45) is 5.92 Å². The molecule has 0 heterocycles. The zero-order valence-electron chi connectivity index (χ0n) is 12.3. The maximum Gasteiger partial charge on any atom is 0.225 e. The molecule has 0 aromatic carbocycles. The summed E-state index contributed by atoms with van der Waals surface area (Å²) in [4.78, 5) is 14.5. The molecule has 2 heteroatoms. The van der Waals surface area contributed by atoms with E-state index >= 15 is 0 Å². The molecule has 1 atom stereocenters. The van der Waals surface area contributed by atoms with Gasteiger partial charge in [-0.2, -0.15) is 0 Å². The normalized spacial score (nSPS) is 12.5. The van der Waals surface area contributed by atoms with Crippen LogP contribution in [-0.2, 0) is 4.79 Å². The first kappa shape index (κ1) is 16.5. The molecule has 1 unspecified atom stereocenters. The third-order valence-corrected chi connectivity index (χ3v) is 3.33. The van der Waals surface area contributed by atoms with Crippen molar-refractivity contribution in [2.45, 2.75) is 72.6 Å². The third-order valence-electron chi connectivity index (χ3n) is 3.33. The van der Waals surface area contributed by atoms with Crippen LogP contribution in [-0.4, -0.2) is 23.9 Å². The summed E-state index contributed by atoms with van der Waals surface area (Å²) in [5.41, 5.74) is 0. The molecule has 1 amide bonds. The number of rotatable bonds is 10. The van der Waals surface area contributed by atoms with Crippen LogP contribution in [0.15, 0.2) is 0 Å². The van der Waals surface area contributed by atoms with Gasteiger partial charge in [-0.1, -0.05) is 47.0 Å². The fourth-order valence-electron chi connectivity index (χ4n) is 2.16. The average molecular weight is 241 g/mol. The smallest absolute Gasteiger partial charge is 0.225 e. The van der Waals surface area contributed by atoms with Gasteiger partial charge in [0.2, 0.25) is 5.91 Å². The summed E-state index contributed by atoms with van der Waals surface area (Å²) in [6.07, 6.45) is 7.79. The Morgan fingerprint density at radius 3 is 2.06 bits per heavy atom. The van der Waals surface area contributed by atoms with Crippen molar-refractivity contribution < 1.29 is 4.79 Å². The molecule has 0 spiro atoms. The summed E-state index contributed by atoms with van der Waals surface area (Å²) in [6, 6.07) is 0. The SMILES string of the molecule is CCCCC(CC)C(=O)N(CCC)CCCC. The quantitative estimate of drug-likeness (QED) is 0.560. The second-order valence-corrected chi connectivity index (χ2v) is 4.93. The van der Waals surface area contributed by atoms with Crippen molar-refractivity contribution in [3.8, 4) is 0 Å². The van der Waals surface area contributed by atoms with Gasteiger partial charge in [-0.15, -0.1) is 0 Å². The fourth-order valence-corrected chi connectivity index (χ4v) is 2.16. The van der Waals surface area contributed by atoms with Gasteiger partial charge >= 0.3 is 0 Å². The zero-order valence-corrected chi connectivity index (χ0v) is 12.3. The van der Waals surface area contributed by atoms with Crippen LogP contribution in [0.25, 0.3) is 0 Å². The first-order valence-electron chi connectivity index (χ1n) is 7.49. The lowest BCUT2D eigenvalue weighted by atomic mass is 9.97. The maximum absolute atomic E-state index is 12.4. The topological polar surface area (TPSA) is 20.3 Å². The Morgan fingerprint density at radius 2 is 1.59 bits per heavy atom. The van der Waals surface area contributed by atoms with Gasteiger partial charge in [0.25, 0.3) is 0 Å². The van der Waals surface area contributed by atoms with E-state index in [2.05, 4.69) is 32.6 Å². The van der Waals surface area contributed by atoms with E-state index in [1.54, 1.807) is 0 Å². The number of carbonyl (C=O) groups is 1. The Balaban J connectivity index is 4.32. The van der Waals surface area contributed by atoms with Gasteiger partial charge in [-0.05, 0) is 25.7 Å². The number of unbranched alkanes of at least 4 members (excludes halogenated alkanes) is 2. The molecule has 0 aliphatic heterocycles. The molecule has 0 rings (SSSR count). The molecule has 0 N–H and O–H groups in total. The second-order valence-electron chi connectivity index (χ2n) is 4.93. The monoisotopic (exact) mass is 241 g/mol. The summed E-state index contributed by atoms with van der Waals surface area (Å²) >= 11 is 0. The van der Waals surface area contributed by atoms with Gasteiger partial charge < -0.3 is 4.90 Å². The molecule has 0 bridgehead atoms. The minimum atomic E-state index is 0.262. The van der Waals surface area contributed by atoms with Crippen molar-refractivity contribution in [1.29, 1.82) is 0 Å². The van der Waals surface area contributed by atoms with Gasteiger partial charge in [-0.25, -0.2) is 0 Å². The Morgan fingerprint density at radius 1 is 0.941 bits per heavy atom. The van der Waals surface area contributed by atoms with Gasteiger partial charge in [0.05, 0.1) is 0 Å². The minimum absolute atomic E-state index is 0.262. The first-order chi connectivity index (χ1) is 8.21. The number of amides is 1. The van der Waals surface area contributed by atoms with Crippen molar-refractivity contribution in [3.05, 3.63) is 0 Å². The molecule has 102 valence electrons. The highest BCUT2D eigenvalue weighted by Crippen LogP contribution is 2.16.